The Morgan fingerprint density at radius 2 is 1.85 bits per heavy atom. The van der Waals surface area contributed by atoms with Crippen molar-refractivity contribution in [3.8, 4) is 0 Å². The first-order valence-electron chi connectivity index (χ1n) is 6.48. The van der Waals surface area contributed by atoms with Crippen LogP contribution in [0.5, 0.6) is 0 Å². The predicted molar refractivity (Wildman–Crippen MR) is 80.1 cm³/mol. The second kappa shape index (κ2) is 5.53. The van der Waals surface area contributed by atoms with Gasteiger partial charge < -0.3 is 9.69 Å². The third-order valence-electron chi connectivity index (χ3n) is 3.23. The number of aldehydes is 1. The fourth-order valence-electron chi connectivity index (χ4n) is 2.22. The van der Waals surface area contributed by atoms with Crippen molar-refractivity contribution >= 4 is 17.5 Å². The number of hydrogen-bond acceptors (Lipinski definition) is 3. The monoisotopic (exact) mass is 262 g/mol. The molecule has 20 heavy (non-hydrogen) atoms. The first kappa shape index (κ1) is 12.4. The van der Waals surface area contributed by atoms with E-state index in [4.69, 9.17) is 0 Å². The highest BCUT2D eigenvalue weighted by molar-refractivity contribution is 5.82. The minimum absolute atomic E-state index is 0.273. The minimum Gasteiger partial charge on any atom is -0.334 e. The molecule has 98 valence electrons. The quantitative estimate of drug-likeness (QED) is 0.797. The maximum atomic E-state index is 11.2. The van der Waals surface area contributed by atoms with Gasteiger partial charge in [0.2, 0.25) is 0 Å². The molecule has 3 rings (SSSR count). The van der Waals surface area contributed by atoms with Crippen LogP contribution in [-0.2, 0) is 4.79 Å². The van der Waals surface area contributed by atoms with Gasteiger partial charge in [-0.1, -0.05) is 36.4 Å². The van der Waals surface area contributed by atoms with E-state index in [1.165, 1.54) is 0 Å². The third kappa shape index (κ3) is 2.38. The van der Waals surface area contributed by atoms with E-state index < -0.39 is 0 Å². The average Bonchev–Trinajstić information content (AvgIpc) is 2.56. The summed E-state index contributed by atoms with van der Waals surface area (Å²) in [5, 5.41) is 0. The normalized spacial score (nSPS) is 17.7. The van der Waals surface area contributed by atoms with Crippen molar-refractivity contribution < 1.29 is 4.79 Å². The van der Waals surface area contributed by atoms with Crippen molar-refractivity contribution in [2.24, 2.45) is 0 Å². The van der Waals surface area contributed by atoms with Gasteiger partial charge >= 0.3 is 0 Å². The van der Waals surface area contributed by atoms with Crippen LogP contribution < -0.4 is 4.90 Å². The first-order valence-corrected chi connectivity index (χ1v) is 6.48. The Morgan fingerprint density at radius 3 is 2.55 bits per heavy atom. The average molecular weight is 262 g/mol. The molecule has 1 atom stereocenters. The summed E-state index contributed by atoms with van der Waals surface area (Å²) in [4.78, 5) is 17.6. The Labute approximate surface area is 117 Å². The Bertz CT molecular complexity index is 647. The van der Waals surface area contributed by atoms with Crippen molar-refractivity contribution in [2.45, 2.75) is 6.04 Å². The smallest absolute Gasteiger partial charge is 0.146 e. The number of nitrogens with zero attached hydrogens (tertiary/aromatic N) is 2. The number of benzene rings is 1. The Kier molecular flexibility index (Phi) is 3.42. The van der Waals surface area contributed by atoms with Gasteiger partial charge in [-0.3, -0.25) is 4.98 Å². The van der Waals surface area contributed by atoms with Crippen LogP contribution in [0.2, 0.25) is 0 Å². The molecule has 3 nitrogen and oxygen atoms in total. The summed E-state index contributed by atoms with van der Waals surface area (Å²) in [7, 11) is 0. The number of allylic oxidation sites excluding steroid dienone is 2. The van der Waals surface area contributed by atoms with E-state index >= 15 is 0 Å². The maximum absolute atomic E-state index is 11.2. The van der Waals surface area contributed by atoms with E-state index in [2.05, 4.69) is 4.98 Å². The van der Waals surface area contributed by atoms with Crippen LogP contribution in [0.1, 0.15) is 5.69 Å². The second-order valence-corrected chi connectivity index (χ2v) is 4.53. The van der Waals surface area contributed by atoms with E-state index in [1.807, 2.05) is 71.8 Å². The summed E-state index contributed by atoms with van der Waals surface area (Å²) in [5.41, 5.74) is 2.88. The van der Waals surface area contributed by atoms with Gasteiger partial charge in [0.25, 0.3) is 0 Å². The number of carbonyl (C=O) groups is 1. The molecule has 1 aliphatic rings. The van der Waals surface area contributed by atoms with Crippen LogP contribution >= 0.6 is 0 Å². The molecule has 1 aliphatic heterocycles. The fourth-order valence-corrected chi connectivity index (χ4v) is 2.22. The largest absolute Gasteiger partial charge is 0.334 e. The highest BCUT2D eigenvalue weighted by Gasteiger charge is 2.18. The van der Waals surface area contributed by atoms with E-state index in [-0.39, 0.29) is 6.04 Å². The lowest BCUT2D eigenvalue weighted by atomic mass is 10.1. The van der Waals surface area contributed by atoms with Crippen LogP contribution in [0, 0.1) is 0 Å². The van der Waals surface area contributed by atoms with Gasteiger partial charge in [0.15, 0.2) is 0 Å². The zero-order valence-corrected chi connectivity index (χ0v) is 10.9. The summed E-state index contributed by atoms with van der Waals surface area (Å²) in [5.74, 6) is 0. The Morgan fingerprint density at radius 1 is 1.05 bits per heavy atom. The molecule has 0 amide bonds. The molecule has 0 aliphatic carbocycles. The van der Waals surface area contributed by atoms with Gasteiger partial charge in [-0.25, -0.2) is 0 Å². The topological polar surface area (TPSA) is 33.2 Å². The first-order chi connectivity index (χ1) is 9.88. The molecule has 0 saturated heterocycles. The molecular weight excluding hydrogens is 248 g/mol. The number of pyridine rings is 1. The molecule has 0 N–H and O–H groups in total. The van der Waals surface area contributed by atoms with Crippen LogP contribution in [0.15, 0.2) is 73.1 Å². The molecule has 1 aromatic heterocycles. The number of hydrogen-bond donors (Lipinski definition) is 0. The maximum Gasteiger partial charge on any atom is 0.146 e. The summed E-state index contributed by atoms with van der Waals surface area (Å²) in [6.07, 6.45) is 8.51. The molecule has 3 heteroatoms. The van der Waals surface area contributed by atoms with Crippen LogP contribution in [-0.4, -0.2) is 17.3 Å². The molecule has 0 fully saturated rings. The molecule has 0 bridgehead atoms. The lowest BCUT2D eigenvalue weighted by Crippen LogP contribution is -2.32. The van der Waals surface area contributed by atoms with Crippen LogP contribution in [0.3, 0.4) is 0 Å². The van der Waals surface area contributed by atoms with E-state index in [0.717, 1.165) is 23.2 Å². The number of aromatic nitrogens is 1. The Balaban J connectivity index is 2.00. The molecular formula is C17H14N2O. The molecule has 1 unspecified atom stereocenters. The number of carbonyl (C=O) groups excluding carboxylic acids is 1. The van der Waals surface area contributed by atoms with Crippen LogP contribution in [0.25, 0.3) is 5.57 Å². The van der Waals surface area contributed by atoms with Gasteiger partial charge in [0, 0.05) is 23.7 Å². The van der Waals surface area contributed by atoms with E-state index in [1.54, 1.807) is 6.20 Å². The second-order valence-electron chi connectivity index (χ2n) is 4.53. The predicted octanol–water partition coefficient (Wildman–Crippen LogP) is 3.07. The van der Waals surface area contributed by atoms with Crippen molar-refractivity contribution in [1.82, 2.24) is 4.98 Å². The molecule has 2 aromatic rings. The SMILES string of the molecule is O=CC1C=CC(c2ccccn2)=CN1c1ccccc1. The Hall–Kier alpha value is -2.68. The molecule has 1 aromatic carbocycles. The van der Waals surface area contributed by atoms with Crippen molar-refractivity contribution in [1.29, 1.82) is 0 Å². The fraction of sp³-hybridized carbons (Fsp3) is 0.0588. The summed E-state index contributed by atoms with van der Waals surface area (Å²) >= 11 is 0. The summed E-state index contributed by atoms with van der Waals surface area (Å²) in [6.45, 7) is 0. The minimum atomic E-state index is -0.273. The summed E-state index contributed by atoms with van der Waals surface area (Å²) < 4.78 is 0. The standard InChI is InChI=1S/C17H14N2O/c20-13-16-10-9-14(17-8-4-5-11-18-17)12-19(16)15-6-2-1-3-7-15/h1-13,16H. The number of anilines is 1. The van der Waals surface area contributed by atoms with E-state index in [0.29, 0.717) is 0 Å². The van der Waals surface area contributed by atoms with Crippen LogP contribution in [0.4, 0.5) is 5.69 Å². The lowest BCUT2D eigenvalue weighted by Gasteiger charge is -2.28. The summed E-state index contributed by atoms with van der Waals surface area (Å²) in [6, 6.07) is 15.4. The highest BCUT2D eigenvalue weighted by Crippen LogP contribution is 2.25. The van der Waals surface area contributed by atoms with Gasteiger partial charge in [-0.05, 0) is 24.3 Å². The highest BCUT2D eigenvalue weighted by atomic mass is 16.1. The lowest BCUT2D eigenvalue weighted by molar-refractivity contribution is -0.108. The molecule has 0 radical (unpaired) electrons. The van der Waals surface area contributed by atoms with Crippen molar-refractivity contribution in [3.63, 3.8) is 0 Å². The van der Waals surface area contributed by atoms with Gasteiger partial charge in [-0.2, -0.15) is 0 Å². The zero-order valence-electron chi connectivity index (χ0n) is 10.9. The molecule has 2 heterocycles. The number of para-hydroxylation sites is 1. The zero-order chi connectivity index (χ0) is 13.8. The van der Waals surface area contributed by atoms with Gasteiger partial charge in [0.1, 0.15) is 12.3 Å². The molecule has 0 saturated carbocycles. The molecule has 0 spiro atoms. The number of rotatable bonds is 3. The van der Waals surface area contributed by atoms with Crippen molar-refractivity contribution in [3.05, 3.63) is 78.8 Å². The van der Waals surface area contributed by atoms with Gasteiger partial charge in [-0.15, -0.1) is 0 Å². The van der Waals surface area contributed by atoms with E-state index in [9.17, 15) is 4.79 Å². The third-order valence-corrected chi connectivity index (χ3v) is 3.23. The van der Waals surface area contributed by atoms with Gasteiger partial charge in [0.05, 0.1) is 5.69 Å². The van der Waals surface area contributed by atoms with Crippen molar-refractivity contribution in [2.75, 3.05) is 4.90 Å².